The molecule has 0 bridgehead atoms. The summed E-state index contributed by atoms with van der Waals surface area (Å²) in [6.07, 6.45) is 7.37. The van der Waals surface area contributed by atoms with Crippen LogP contribution in [0.1, 0.15) is 52.4 Å². The van der Waals surface area contributed by atoms with Gasteiger partial charge in [0.15, 0.2) is 0 Å². The minimum Gasteiger partial charge on any atom is -0.378 e. The van der Waals surface area contributed by atoms with Gasteiger partial charge in [0.1, 0.15) is 0 Å². The van der Waals surface area contributed by atoms with E-state index < -0.39 is 0 Å². The molecule has 3 fully saturated rings. The predicted octanol–water partition coefficient (Wildman–Crippen LogP) is 1.93. The standard InChI is InChI=1S/C16H28N2O2/c1-11(2)18-9-4-6-14(16(18)19)17-13-5-3-7-15-12(13)8-10-20-15/h11-15,17H,3-10H2,1-2H3/t12-,13-,14+,15+/m1/s1. The van der Waals surface area contributed by atoms with Crippen molar-refractivity contribution in [3.05, 3.63) is 0 Å². The lowest BCUT2D eigenvalue weighted by atomic mass is 9.81. The van der Waals surface area contributed by atoms with E-state index in [1.54, 1.807) is 0 Å². The van der Waals surface area contributed by atoms with Crippen LogP contribution in [-0.2, 0) is 9.53 Å². The molecule has 4 heteroatoms. The van der Waals surface area contributed by atoms with Crippen LogP contribution < -0.4 is 5.32 Å². The van der Waals surface area contributed by atoms with Crippen LogP contribution in [0.4, 0.5) is 0 Å². The predicted molar refractivity (Wildman–Crippen MR) is 78.5 cm³/mol. The molecule has 0 aromatic heterocycles. The quantitative estimate of drug-likeness (QED) is 0.859. The van der Waals surface area contributed by atoms with Crippen molar-refractivity contribution in [2.75, 3.05) is 13.2 Å². The van der Waals surface area contributed by atoms with E-state index >= 15 is 0 Å². The van der Waals surface area contributed by atoms with Crippen molar-refractivity contribution in [1.29, 1.82) is 0 Å². The summed E-state index contributed by atoms with van der Waals surface area (Å²) in [5, 5.41) is 3.69. The monoisotopic (exact) mass is 280 g/mol. The third kappa shape index (κ3) is 2.73. The van der Waals surface area contributed by atoms with Crippen LogP contribution in [0.15, 0.2) is 0 Å². The van der Waals surface area contributed by atoms with Crippen LogP contribution in [-0.4, -0.2) is 48.2 Å². The SMILES string of the molecule is CC(C)N1CCC[C@H](N[C@@H]2CCC[C@@H]3OCC[C@@H]32)C1=O. The molecule has 0 radical (unpaired) electrons. The van der Waals surface area contributed by atoms with Crippen LogP contribution >= 0.6 is 0 Å². The minimum absolute atomic E-state index is 0.0375. The van der Waals surface area contributed by atoms with Gasteiger partial charge in [-0.1, -0.05) is 0 Å². The average molecular weight is 280 g/mol. The number of rotatable bonds is 3. The van der Waals surface area contributed by atoms with E-state index in [2.05, 4.69) is 19.2 Å². The Morgan fingerprint density at radius 2 is 2.05 bits per heavy atom. The molecule has 4 atom stereocenters. The smallest absolute Gasteiger partial charge is 0.239 e. The highest BCUT2D eigenvalue weighted by Crippen LogP contribution is 2.35. The van der Waals surface area contributed by atoms with Crippen molar-refractivity contribution in [1.82, 2.24) is 10.2 Å². The van der Waals surface area contributed by atoms with Crippen molar-refractivity contribution in [2.24, 2.45) is 5.92 Å². The van der Waals surface area contributed by atoms with Crippen molar-refractivity contribution in [3.63, 3.8) is 0 Å². The Labute approximate surface area is 122 Å². The number of ether oxygens (including phenoxy) is 1. The van der Waals surface area contributed by atoms with E-state index in [9.17, 15) is 4.79 Å². The van der Waals surface area contributed by atoms with Gasteiger partial charge >= 0.3 is 0 Å². The zero-order valence-electron chi connectivity index (χ0n) is 12.8. The van der Waals surface area contributed by atoms with E-state index in [0.717, 1.165) is 32.4 Å². The van der Waals surface area contributed by atoms with Gasteiger partial charge in [0.25, 0.3) is 0 Å². The van der Waals surface area contributed by atoms with E-state index in [4.69, 9.17) is 4.74 Å². The Bertz CT molecular complexity index is 358. The number of carbonyl (C=O) groups is 1. The van der Waals surface area contributed by atoms with Gasteiger partial charge in [-0.05, 0) is 52.4 Å². The van der Waals surface area contributed by atoms with Gasteiger partial charge in [-0.2, -0.15) is 0 Å². The number of nitrogens with zero attached hydrogens (tertiary/aromatic N) is 1. The zero-order valence-corrected chi connectivity index (χ0v) is 12.8. The van der Waals surface area contributed by atoms with E-state index in [1.807, 2.05) is 4.90 Å². The second-order valence-electron chi connectivity index (χ2n) is 6.89. The fraction of sp³-hybridized carbons (Fsp3) is 0.938. The summed E-state index contributed by atoms with van der Waals surface area (Å²) < 4.78 is 5.83. The van der Waals surface area contributed by atoms with Crippen LogP contribution in [0, 0.1) is 5.92 Å². The summed E-state index contributed by atoms with van der Waals surface area (Å²) in [4.78, 5) is 14.6. The Hall–Kier alpha value is -0.610. The van der Waals surface area contributed by atoms with Gasteiger partial charge in [-0.3, -0.25) is 4.79 Å². The third-order valence-electron chi connectivity index (χ3n) is 5.29. The molecule has 1 aliphatic carbocycles. The number of hydrogen-bond acceptors (Lipinski definition) is 3. The van der Waals surface area contributed by atoms with Gasteiger partial charge in [-0.25, -0.2) is 0 Å². The van der Waals surface area contributed by atoms with Gasteiger partial charge in [0.2, 0.25) is 5.91 Å². The normalized spacial score (nSPS) is 38.4. The molecular formula is C16H28N2O2. The summed E-state index contributed by atoms with van der Waals surface area (Å²) in [5.41, 5.74) is 0. The van der Waals surface area contributed by atoms with Crippen LogP contribution in [0.5, 0.6) is 0 Å². The lowest BCUT2D eigenvalue weighted by molar-refractivity contribution is -0.138. The zero-order chi connectivity index (χ0) is 14.1. The number of carbonyl (C=O) groups excluding carboxylic acids is 1. The molecule has 0 aromatic rings. The fourth-order valence-electron chi connectivity index (χ4n) is 4.21. The number of nitrogens with one attached hydrogen (secondary N) is 1. The number of hydrogen-bond donors (Lipinski definition) is 1. The number of fused-ring (bicyclic) bond motifs is 1. The van der Waals surface area contributed by atoms with E-state index in [-0.39, 0.29) is 6.04 Å². The van der Waals surface area contributed by atoms with Gasteiger partial charge < -0.3 is 15.0 Å². The molecule has 1 N–H and O–H groups in total. The highest BCUT2D eigenvalue weighted by atomic mass is 16.5. The lowest BCUT2D eigenvalue weighted by Gasteiger charge is -2.40. The average Bonchev–Trinajstić information content (AvgIpc) is 2.90. The first-order valence-corrected chi connectivity index (χ1v) is 8.35. The second kappa shape index (κ2) is 6.02. The second-order valence-corrected chi connectivity index (χ2v) is 6.89. The Balaban J connectivity index is 1.63. The Morgan fingerprint density at radius 3 is 2.85 bits per heavy atom. The lowest BCUT2D eigenvalue weighted by Crippen LogP contribution is -2.57. The van der Waals surface area contributed by atoms with Crippen LogP contribution in [0.25, 0.3) is 0 Å². The number of piperidine rings is 1. The molecule has 4 nitrogen and oxygen atoms in total. The molecule has 0 unspecified atom stereocenters. The molecule has 2 aliphatic heterocycles. The fourth-order valence-corrected chi connectivity index (χ4v) is 4.21. The van der Waals surface area contributed by atoms with E-state index in [1.165, 1.54) is 19.3 Å². The highest BCUT2D eigenvalue weighted by molar-refractivity contribution is 5.82. The Morgan fingerprint density at radius 1 is 1.20 bits per heavy atom. The van der Waals surface area contributed by atoms with Crippen molar-refractivity contribution in [3.8, 4) is 0 Å². The molecule has 114 valence electrons. The molecule has 1 saturated carbocycles. The van der Waals surface area contributed by atoms with Gasteiger partial charge in [0, 0.05) is 31.2 Å². The molecule has 20 heavy (non-hydrogen) atoms. The molecule has 1 amide bonds. The summed E-state index contributed by atoms with van der Waals surface area (Å²) in [5.74, 6) is 0.943. The summed E-state index contributed by atoms with van der Waals surface area (Å²) >= 11 is 0. The summed E-state index contributed by atoms with van der Waals surface area (Å²) in [6.45, 7) is 6.06. The van der Waals surface area contributed by atoms with Crippen LogP contribution in [0.2, 0.25) is 0 Å². The van der Waals surface area contributed by atoms with Crippen LogP contribution in [0.3, 0.4) is 0 Å². The summed E-state index contributed by atoms with van der Waals surface area (Å²) in [6, 6.07) is 0.842. The third-order valence-corrected chi connectivity index (χ3v) is 5.29. The van der Waals surface area contributed by atoms with E-state index in [0.29, 0.717) is 30.0 Å². The molecular weight excluding hydrogens is 252 g/mol. The topological polar surface area (TPSA) is 41.6 Å². The maximum absolute atomic E-state index is 12.6. The molecule has 0 aromatic carbocycles. The first kappa shape index (κ1) is 14.3. The van der Waals surface area contributed by atoms with Crippen molar-refractivity contribution >= 4 is 5.91 Å². The first-order valence-electron chi connectivity index (χ1n) is 8.35. The van der Waals surface area contributed by atoms with Crippen molar-refractivity contribution < 1.29 is 9.53 Å². The maximum atomic E-state index is 12.6. The summed E-state index contributed by atoms with van der Waals surface area (Å²) in [7, 11) is 0. The molecule has 2 saturated heterocycles. The van der Waals surface area contributed by atoms with Crippen molar-refractivity contribution in [2.45, 2.75) is 76.6 Å². The molecule has 0 spiro atoms. The minimum atomic E-state index is 0.0375. The first-order chi connectivity index (χ1) is 9.66. The Kier molecular flexibility index (Phi) is 4.32. The van der Waals surface area contributed by atoms with Gasteiger partial charge in [-0.15, -0.1) is 0 Å². The molecule has 3 rings (SSSR count). The maximum Gasteiger partial charge on any atom is 0.239 e. The number of amides is 1. The van der Waals surface area contributed by atoms with Gasteiger partial charge in [0.05, 0.1) is 12.1 Å². The highest BCUT2D eigenvalue weighted by Gasteiger charge is 2.40. The number of likely N-dealkylation sites (tertiary alicyclic amines) is 1. The molecule has 2 heterocycles. The molecule has 3 aliphatic rings. The largest absolute Gasteiger partial charge is 0.378 e.